The van der Waals surface area contributed by atoms with Crippen LogP contribution >= 0.6 is 0 Å². The zero-order chi connectivity index (χ0) is 13.1. The van der Waals surface area contributed by atoms with Crippen molar-refractivity contribution in [1.82, 2.24) is 0 Å². The summed E-state index contributed by atoms with van der Waals surface area (Å²) in [5.74, 6) is -0.275. The van der Waals surface area contributed by atoms with Gasteiger partial charge in [0.2, 0.25) is 5.76 Å². The molecule has 2 rings (SSSR count). The lowest BCUT2D eigenvalue weighted by Gasteiger charge is -2.08. The topological polar surface area (TPSA) is 62.5 Å². The molecule has 0 saturated carbocycles. The third kappa shape index (κ3) is 2.71. The predicted octanol–water partition coefficient (Wildman–Crippen LogP) is 3.84. The minimum absolute atomic E-state index is 0.0717. The molecular weight excluding hydrogens is 230 g/mol. The molecule has 0 aliphatic rings. The standard InChI is InChI=1S/C14H15NO3/c1-9(2)10-4-3-5-11(8-10)15-13-7-6-12(18-13)14(16)17/h3-9,15H,1-2H3,(H,16,17). The molecule has 4 nitrogen and oxygen atoms in total. The summed E-state index contributed by atoms with van der Waals surface area (Å²) in [6.07, 6.45) is 0. The number of carbonyl (C=O) groups is 1. The summed E-state index contributed by atoms with van der Waals surface area (Å²) in [6, 6.07) is 11.0. The van der Waals surface area contributed by atoms with E-state index >= 15 is 0 Å². The van der Waals surface area contributed by atoms with Gasteiger partial charge in [-0.25, -0.2) is 4.79 Å². The molecule has 94 valence electrons. The van der Waals surface area contributed by atoms with E-state index in [1.54, 1.807) is 6.07 Å². The van der Waals surface area contributed by atoms with Crippen LogP contribution in [0, 0.1) is 0 Å². The Morgan fingerprint density at radius 3 is 2.67 bits per heavy atom. The van der Waals surface area contributed by atoms with Crippen LogP contribution in [0.2, 0.25) is 0 Å². The van der Waals surface area contributed by atoms with Gasteiger partial charge < -0.3 is 14.8 Å². The minimum atomic E-state index is -1.07. The van der Waals surface area contributed by atoms with Crippen molar-refractivity contribution in [3.8, 4) is 0 Å². The van der Waals surface area contributed by atoms with Crippen molar-refractivity contribution >= 4 is 17.5 Å². The van der Waals surface area contributed by atoms with Gasteiger partial charge in [-0.05, 0) is 29.7 Å². The number of rotatable bonds is 4. The molecule has 0 fully saturated rings. The first kappa shape index (κ1) is 12.2. The summed E-state index contributed by atoms with van der Waals surface area (Å²) in [6.45, 7) is 4.24. The molecule has 0 saturated heterocycles. The second kappa shape index (κ2) is 4.96. The monoisotopic (exact) mass is 245 g/mol. The summed E-state index contributed by atoms with van der Waals surface area (Å²) in [5.41, 5.74) is 2.09. The van der Waals surface area contributed by atoms with Crippen LogP contribution in [0.3, 0.4) is 0 Å². The Morgan fingerprint density at radius 1 is 1.28 bits per heavy atom. The molecule has 0 aliphatic heterocycles. The fraction of sp³-hybridized carbons (Fsp3) is 0.214. The largest absolute Gasteiger partial charge is 0.475 e. The van der Waals surface area contributed by atoms with Gasteiger partial charge in [0, 0.05) is 11.8 Å². The first-order valence-corrected chi connectivity index (χ1v) is 5.76. The smallest absolute Gasteiger partial charge is 0.371 e. The average molecular weight is 245 g/mol. The van der Waals surface area contributed by atoms with Gasteiger partial charge >= 0.3 is 5.97 Å². The maximum atomic E-state index is 10.7. The number of aromatic carboxylic acids is 1. The molecule has 4 heteroatoms. The number of benzene rings is 1. The number of carboxylic acids is 1. The second-order valence-electron chi connectivity index (χ2n) is 4.37. The molecule has 1 aromatic carbocycles. The highest BCUT2D eigenvalue weighted by molar-refractivity contribution is 5.85. The number of hydrogen-bond donors (Lipinski definition) is 2. The van der Waals surface area contributed by atoms with Crippen LogP contribution in [0.4, 0.5) is 11.6 Å². The van der Waals surface area contributed by atoms with E-state index in [1.807, 2.05) is 18.2 Å². The van der Waals surface area contributed by atoms with E-state index in [0.29, 0.717) is 11.8 Å². The summed E-state index contributed by atoms with van der Waals surface area (Å²) < 4.78 is 5.14. The number of carboxylic acid groups (broad SMARTS) is 1. The van der Waals surface area contributed by atoms with Gasteiger partial charge in [-0.2, -0.15) is 0 Å². The van der Waals surface area contributed by atoms with E-state index in [0.717, 1.165) is 5.69 Å². The molecular formula is C14H15NO3. The summed E-state index contributed by atoms with van der Waals surface area (Å²) in [4.78, 5) is 10.7. The SMILES string of the molecule is CC(C)c1cccc(Nc2ccc(C(=O)O)o2)c1. The van der Waals surface area contributed by atoms with Crippen molar-refractivity contribution in [2.24, 2.45) is 0 Å². The van der Waals surface area contributed by atoms with E-state index in [9.17, 15) is 4.79 Å². The average Bonchev–Trinajstić information content (AvgIpc) is 2.78. The zero-order valence-electron chi connectivity index (χ0n) is 10.3. The van der Waals surface area contributed by atoms with Crippen LogP contribution in [0.25, 0.3) is 0 Å². The van der Waals surface area contributed by atoms with Crippen LogP contribution in [0.5, 0.6) is 0 Å². The van der Waals surface area contributed by atoms with Crippen LogP contribution in [0.1, 0.15) is 35.9 Å². The van der Waals surface area contributed by atoms with Crippen molar-refractivity contribution in [3.63, 3.8) is 0 Å². The highest BCUT2D eigenvalue weighted by atomic mass is 16.4. The lowest BCUT2D eigenvalue weighted by Crippen LogP contribution is -1.93. The summed E-state index contributed by atoms with van der Waals surface area (Å²) >= 11 is 0. The molecule has 2 aromatic rings. The van der Waals surface area contributed by atoms with Gasteiger partial charge in [0.05, 0.1) is 0 Å². The zero-order valence-corrected chi connectivity index (χ0v) is 10.3. The maximum Gasteiger partial charge on any atom is 0.371 e. The van der Waals surface area contributed by atoms with Crippen molar-refractivity contribution in [1.29, 1.82) is 0 Å². The molecule has 0 atom stereocenters. The molecule has 0 amide bonds. The van der Waals surface area contributed by atoms with E-state index in [4.69, 9.17) is 9.52 Å². The molecule has 2 N–H and O–H groups in total. The van der Waals surface area contributed by atoms with E-state index in [-0.39, 0.29) is 5.76 Å². The highest BCUT2D eigenvalue weighted by Crippen LogP contribution is 2.23. The van der Waals surface area contributed by atoms with Crippen molar-refractivity contribution in [2.45, 2.75) is 19.8 Å². The Kier molecular flexibility index (Phi) is 3.37. The molecule has 18 heavy (non-hydrogen) atoms. The van der Waals surface area contributed by atoms with E-state index < -0.39 is 5.97 Å². The van der Waals surface area contributed by atoms with E-state index in [1.165, 1.54) is 11.6 Å². The minimum Gasteiger partial charge on any atom is -0.475 e. The van der Waals surface area contributed by atoms with Gasteiger partial charge in [0.15, 0.2) is 5.88 Å². The molecule has 0 radical (unpaired) electrons. The maximum absolute atomic E-state index is 10.7. The molecule has 0 unspecified atom stereocenters. The predicted molar refractivity (Wildman–Crippen MR) is 69.5 cm³/mol. The first-order chi connectivity index (χ1) is 8.56. The van der Waals surface area contributed by atoms with Gasteiger partial charge in [0.25, 0.3) is 0 Å². The van der Waals surface area contributed by atoms with Gasteiger partial charge in [-0.3, -0.25) is 0 Å². The Hall–Kier alpha value is -2.23. The third-order valence-corrected chi connectivity index (χ3v) is 2.64. The summed E-state index contributed by atoms with van der Waals surface area (Å²) in [5, 5.41) is 11.8. The fourth-order valence-corrected chi connectivity index (χ4v) is 1.64. The fourth-order valence-electron chi connectivity index (χ4n) is 1.64. The van der Waals surface area contributed by atoms with Crippen LogP contribution in [-0.4, -0.2) is 11.1 Å². The molecule has 1 aromatic heterocycles. The van der Waals surface area contributed by atoms with Crippen molar-refractivity contribution in [3.05, 3.63) is 47.7 Å². The summed E-state index contributed by atoms with van der Waals surface area (Å²) in [7, 11) is 0. The number of hydrogen-bond acceptors (Lipinski definition) is 3. The third-order valence-electron chi connectivity index (χ3n) is 2.64. The van der Waals surface area contributed by atoms with Crippen LogP contribution < -0.4 is 5.32 Å². The molecule has 0 spiro atoms. The number of anilines is 2. The lowest BCUT2D eigenvalue weighted by molar-refractivity contribution is 0.0663. The lowest BCUT2D eigenvalue weighted by atomic mass is 10.0. The number of furan rings is 1. The van der Waals surface area contributed by atoms with Gasteiger partial charge in [0.1, 0.15) is 0 Å². The second-order valence-corrected chi connectivity index (χ2v) is 4.37. The number of nitrogens with one attached hydrogen (secondary N) is 1. The Bertz CT molecular complexity index is 558. The van der Waals surface area contributed by atoms with Gasteiger partial charge in [-0.1, -0.05) is 26.0 Å². The van der Waals surface area contributed by atoms with Crippen molar-refractivity contribution in [2.75, 3.05) is 5.32 Å². The van der Waals surface area contributed by atoms with Crippen LogP contribution in [-0.2, 0) is 0 Å². The van der Waals surface area contributed by atoms with Gasteiger partial charge in [-0.15, -0.1) is 0 Å². The first-order valence-electron chi connectivity index (χ1n) is 5.76. The Morgan fingerprint density at radius 2 is 2.06 bits per heavy atom. The van der Waals surface area contributed by atoms with Crippen molar-refractivity contribution < 1.29 is 14.3 Å². The molecule has 1 heterocycles. The Balaban J connectivity index is 2.17. The Labute approximate surface area is 105 Å². The molecule has 0 aliphatic carbocycles. The highest BCUT2D eigenvalue weighted by Gasteiger charge is 2.09. The molecule has 0 bridgehead atoms. The van der Waals surface area contributed by atoms with E-state index in [2.05, 4.69) is 25.2 Å². The normalized spacial score (nSPS) is 10.6. The quantitative estimate of drug-likeness (QED) is 0.858. The van der Waals surface area contributed by atoms with Crippen LogP contribution in [0.15, 0.2) is 40.8 Å².